The van der Waals surface area contributed by atoms with Gasteiger partial charge in [-0.15, -0.1) is 0 Å². The smallest absolute Gasteiger partial charge is 0.251 e. The summed E-state index contributed by atoms with van der Waals surface area (Å²) in [7, 11) is 0. The Bertz CT molecular complexity index is 288. The van der Waals surface area contributed by atoms with Gasteiger partial charge < -0.3 is 10.2 Å². The largest absolute Gasteiger partial charge is 0.352 e. The SMILES string of the molecule is NOCCCCNC(=O)c1ccccc1. The van der Waals surface area contributed by atoms with Gasteiger partial charge in [-0.25, -0.2) is 5.90 Å². The van der Waals surface area contributed by atoms with Gasteiger partial charge in [-0.05, 0) is 25.0 Å². The first kappa shape index (κ1) is 11.7. The maximum atomic E-state index is 11.5. The van der Waals surface area contributed by atoms with Crippen molar-refractivity contribution in [1.82, 2.24) is 5.32 Å². The van der Waals surface area contributed by atoms with E-state index in [1.54, 1.807) is 12.1 Å². The Morgan fingerprint density at radius 2 is 2.00 bits per heavy atom. The number of nitrogens with two attached hydrogens (primary N) is 1. The highest BCUT2D eigenvalue weighted by atomic mass is 16.6. The third-order valence-electron chi connectivity index (χ3n) is 2.01. The predicted octanol–water partition coefficient (Wildman–Crippen LogP) is 1.09. The van der Waals surface area contributed by atoms with Crippen molar-refractivity contribution in [3.63, 3.8) is 0 Å². The highest BCUT2D eigenvalue weighted by Crippen LogP contribution is 1.97. The molecule has 0 radical (unpaired) electrons. The number of hydrogen-bond acceptors (Lipinski definition) is 3. The topological polar surface area (TPSA) is 64.3 Å². The number of carbonyl (C=O) groups excluding carboxylic acids is 1. The lowest BCUT2D eigenvalue weighted by Gasteiger charge is -2.04. The predicted molar refractivity (Wildman–Crippen MR) is 58.1 cm³/mol. The van der Waals surface area contributed by atoms with Gasteiger partial charge in [0.25, 0.3) is 5.91 Å². The number of benzene rings is 1. The van der Waals surface area contributed by atoms with E-state index in [4.69, 9.17) is 5.90 Å². The normalized spacial score (nSPS) is 9.93. The van der Waals surface area contributed by atoms with E-state index in [-0.39, 0.29) is 5.91 Å². The molecule has 0 aliphatic rings. The van der Waals surface area contributed by atoms with Crippen LogP contribution in [0, 0.1) is 0 Å². The minimum absolute atomic E-state index is 0.0377. The molecule has 82 valence electrons. The lowest BCUT2D eigenvalue weighted by Crippen LogP contribution is -2.24. The van der Waals surface area contributed by atoms with E-state index in [1.165, 1.54) is 0 Å². The molecule has 0 unspecified atom stereocenters. The zero-order valence-corrected chi connectivity index (χ0v) is 8.61. The molecule has 1 aromatic rings. The van der Waals surface area contributed by atoms with Crippen LogP contribution in [0.1, 0.15) is 23.2 Å². The van der Waals surface area contributed by atoms with Crippen LogP contribution in [-0.2, 0) is 4.84 Å². The number of hydrogen-bond donors (Lipinski definition) is 2. The van der Waals surface area contributed by atoms with Gasteiger partial charge in [0.15, 0.2) is 0 Å². The Labute approximate surface area is 89.4 Å². The van der Waals surface area contributed by atoms with Gasteiger partial charge in [-0.1, -0.05) is 18.2 Å². The van der Waals surface area contributed by atoms with E-state index in [0.29, 0.717) is 18.7 Å². The first-order chi connectivity index (χ1) is 7.34. The Morgan fingerprint density at radius 1 is 1.27 bits per heavy atom. The second kappa shape index (κ2) is 6.98. The highest BCUT2D eigenvalue weighted by Gasteiger charge is 2.02. The van der Waals surface area contributed by atoms with E-state index < -0.39 is 0 Å². The average molecular weight is 208 g/mol. The second-order valence-corrected chi connectivity index (χ2v) is 3.20. The van der Waals surface area contributed by atoms with Crippen molar-refractivity contribution < 1.29 is 9.63 Å². The maximum Gasteiger partial charge on any atom is 0.251 e. The number of nitrogens with one attached hydrogen (secondary N) is 1. The molecule has 0 heterocycles. The van der Waals surface area contributed by atoms with Gasteiger partial charge in [0.1, 0.15) is 0 Å². The van der Waals surface area contributed by atoms with Crippen molar-refractivity contribution in [2.45, 2.75) is 12.8 Å². The van der Waals surface area contributed by atoms with Crippen LogP contribution < -0.4 is 11.2 Å². The summed E-state index contributed by atoms with van der Waals surface area (Å²) in [5, 5.41) is 2.82. The quantitative estimate of drug-likeness (QED) is 0.543. The molecular weight excluding hydrogens is 192 g/mol. The van der Waals surface area contributed by atoms with Crippen molar-refractivity contribution in [1.29, 1.82) is 0 Å². The molecule has 0 aliphatic carbocycles. The van der Waals surface area contributed by atoms with E-state index in [9.17, 15) is 4.79 Å². The molecular formula is C11H16N2O2. The molecule has 0 aromatic heterocycles. The molecule has 1 rings (SSSR count). The van der Waals surface area contributed by atoms with Crippen molar-refractivity contribution in [2.75, 3.05) is 13.2 Å². The van der Waals surface area contributed by atoms with Crippen molar-refractivity contribution in [3.05, 3.63) is 35.9 Å². The number of amides is 1. The third-order valence-corrected chi connectivity index (χ3v) is 2.01. The van der Waals surface area contributed by atoms with Crippen LogP contribution in [0.5, 0.6) is 0 Å². The van der Waals surface area contributed by atoms with Crippen LogP contribution in [0.3, 0.4) is 0 Å². The van der Waals surface area contributed by atoms with Gasteiger partial charge in [-0.3, -0.25) is 4.79 Å². The minimum Gasteiger partial charge on any atom is -0.352 e. The second-order valence-electron chi connectivity index (χ2n) is 3.20. The molecule has 4 heteroatoms. The minimum atomic E-state index is -0.0377. The molecule has 0 fully saturated rings. The van der Waals surface area contributed by atoms with Gasteiger partial charge in [0, 0.05) is 12.1 Å². The summed E-state index contributed by atoms with van der Waals surface area (Å²) in [6.07, 6.45) is 1.72. The average Bonchev–Trinajstić information content (AvgIpc) is 2.30. The van der Waals surface area contributed by atoms with Gasteiger partial charge in [0.2, 0.25) is 0 Å². The summed E-state index contributed by atoms with van der Waals surface area (Å²) < 4.78 is 0. The van der Waals surface area contributed by atoms with E-state index >= 15 is 0 Å². The molecule has 1 aromatic carbocycles. The maximum absolute atomic E-state index is 11.5. The molecule has 1 amide bonds. The molecule has 3 N–H and O–H groups in total. The fraction of sp³-hybridized carbons (Fsp3) is 0.364. The molecule has 0 atom stereocenters. The number of unbranched alkanes of at least 4 members (excludes halogenated alkanes) is 1. The first-order valence-corrected chi connectivity index (χ1v) is 4.99. The Kier molecular flexibility index (Phi) is 5.43. The zero-order chi connectivity index (χ0) is 10.9. The molecule has 0 saturated heterocycles. The van der Waals surface area contributed by atoms with Crippen LogP contribution in [-0.4, -0.2) is 19.1 Å². The fourth-order valence-electron chi connectivity index (χ4n) is 1.20. The van der Waals surface area contributed by atoms with Gasteiger partial charge >= 0.3 is 0 Å². The monoisotopic (exact) mass is 208 g/mol. The standard InChI is InChI=1S/C11H16N2O2/c12-15-9-5-4-8-13-11(14)10-6-2-1-3-7-10/h1-3,6-7H,4-5,8-9,12H2,(H,13,14). The lowest BCUT2D eigenvalue weighted by atomic mass is 10.2. The summed E-state index contributed by atoms with van der Waals surface area (Å²) >= 11 is 0. The summed E-state index contributed by atoms with van der Waals surface area (Å²) in [5.41, 5.74) is 0.688. The number of rotatable bonds is 6. The van der Waals surface area contributed by atoms with Gasteiger partial charge in [0.05, 0.1) is 6.61 Å². The molecule has 15 heavy (non-hydrogen) atoms. The van der Waals surface area contributed by atoms with E-state index in [0.717, 1.165) is 12.8 Å². The lowest BCUT2D eigenvalue weighted by molar-refractivity contribution is 0.0949. The van der Waals surface area contributed by atoms with Crippen molar-refractivity contribution in [2.24, 2.45) is 5.90 Å². The van der Waals surface area contributed by atoms with Crippen molar-refractivity contribution in [3.8, 4) is 0 Å². The van der Waals surface area contributed by atoms with Crippen LogP contribution in [0.4, 0.5) is 0 Å². The third kappa shape index (κ3) is 4.58. The van der Waals surface area contributed by atoms with Crippen LogP contribution in [0.15, 0.2) is 30.3 Å². The van der Waals surface area contributed by atoms with Crippen LogP contribution in [0.2, 0.25) is 0 Å². The molecule has 4 nitrogen and oxygen atoms in total. The van der Waals surface area contributed by atoms with Gasteiger partial charge in [-0.2, -0.15) is 0 Å². The number of carbonyl (C=O) groups is 1. The molecule has 0 aliphatic heterocycles. The van der Waals surface area contributed by atoms with E-state index in [2.05, 4.69) is 10.2 Å². The van der Waals surface area contributed by atoms with E-state index in [1.807, 2.05) is 18.2 Å². The van der Waals surface area contributed by atoms with Crippen molar-refractivity contribution >= 4 is 5.91 Å². The molecule has 0 bridgehead atoms. The van der Waals surface area contributed by atoms with Crippen LogP contribution >= 0.6 is 0 Å². The Hall–Kier alpha value is -1.39. The zero-order valence-electron chi connectivity index (χ0n) is 8.61. The Morgan fingerprint density at radius 3 is 2.67 bits per heavy atom. The summed E-state index contributed by atoms with van der Waals surface area (Å²) in [5.74, 6) is 4.84. The summed E-state index contributed by atoms with van der Waals surface area (Å²) in [4.78, 5) is 15.9. The summed E-state index contributed by atoms with van der Waals surface area (Å²) in [6, 6.07) is 9.15. The van der Waals surface area contributed by atoms with Crippen LogP contribution in [0.25, 0.3) is 0 Å². The molecule has 0 saturated carbocycles. The summed E-state index contributed by atoms with van der Waals surface area (Å²) in [6.45, 7) is 1.18. The highest BCUT2D eigenvalue weighted by molar-refractivity contribution is 5.94. The fourth-order valence-corrected chi connectivity index (χ4v) is 1.20. The first-order valence-electron chi connectivity index (χ1n) is 4.99. The Balaban J connectivity index is 2.20. The molecule has 0 spiro atoms.